The van der Waals surface area contributed by atoms with Gasteiger partial charge in [0.2, 0.25) is 0 Å². The largest absolute Gasteiger partial charge is 0.364 e. The van der Waals surface area contributed by atoms with Crippen LogP contribution in [0, 0.1) is 0 Å². The number of carbonyl (C=O) groups excluding carboxylic acids is 1. The van der Waals surface area contributed by atoms with Crippen molar-refractivity contribution in [3.8, 4) is 0 Å². The van der Waals surface area contributed by atoms with Gasteiger partial charge in [0.05, 0.1) is 5.56 Å². The summed E-state index contributed by atoms with van der Waals surface area (Å²) in [6.45, 7) is 0. The van der Waals surface area contributed by atoms with Gasteiger partial charge in [-0.1, -0.05) is 0 Å². The van der Waals surface area contributed by atoms with Crippen LogP contribution in [0.1, 0.15) is 33.6 Å². The van der Waals surface area contributed by atoms with Gasteiger partial charge in [-0.15, -0.1) is 11.3 Å². The lowest BCUT2D eigenvalue weighted by molar-refractivity contribution is 0.0943. The number of thiocarbonyl (C=S) groups is 1. The number of aryl methyl sites for hydroxylation is 1. The Hall–Kier alpha value is -1.14. The summed E-state index contributed by atoms with van der Waals surface area (Å²) in [5, 5.41) is 5.08. The maximum atomic E-state index is 11.9. The van der Waals surface area contributed by atoms with Gasteiger partial charge >= 0.3 is 0 Å². The van der Waals surface area contributed by atoms with Crippen LogP contribution in [0.5, 0.6) is 0 Å². The van der Waals surface area contributed by atoms with E-state index in [1.165, 1.54) is 23.3 Å². The van der Waals surface area contributed by atoms with E-state index in [1.807, 2.05) is 5.38 Å². The Bertz CT molecular complexity index is 442. The summed E-state index contributed by atoms with van der Waals surface area (Å²) in [4.78, 5) is 13.3. The molecule has 0 radical (unpaired) electrons. The van der Waals surface area contributed by atoms with E-state index >= 15 is 0 Å². The van der Waals surface area contributed by atoms with E-state index in [4.69, 9.17) is 12.2 Å². The Balaban J connectivity index is 2.04. The van der Waals surface area contributed by atoms with Crippen molar-refractivity contribution >= 4 is 34.6 Å². The van der Waals surface area contributed by atoms with Gasteiger partial charge < -0.3 is 5.32 Å². The molecule has 0 bridgehead atoms. The Labute approximate surface area is 110 Å². The fourth-order valence-electron chi connectivity index (χ4n) is 1.93. The Morgan fingerprint density at radius 1 is 1.35 bits per heavy atom. The van der Waals surface area contributed by atoms with Gasteiger partial charge in [-0.2, -0.15) is 0 Å². The van der Waals surface area contributed by atoms with Crippen LogP contribution in [0.25, 0.3) is 0 Å². The van der Waals surface area contributed by atoms with Crippen molar-refractivity contribution in [2.24, 2.45) is 0 Å². The van der Waals surface area contributed by atoms with Gasteiger partial charge in [0.15, 0.2) is 5.11 Å². The second-order valence-electron chi connectivity index (χ2n) is 3.92. The molecule has 0 unspecified atom stereocenters. The summed E-state index contributed by atoms with van der Waals surface area (Å²) < 4.78 is 0. The highest BCUT2D eigenvalue weighted by molar-refractivity contribution is 7.80. The number of thiophene rings is 1. The van der Waals surface area contributed by atoms with E-state index in [2.05, 4.69) is 16.2 Å². The lowest BCUT2D eigenvalue weighted by Crippen LogP contribution is -2.45. The number of hydrazine groups is 1. The number of carbonyl (C=O) groups is 1. The van der Waals surface area contributed by atoms with Crippen LogP contribution in [0.15, 0.2) is 5.38 Å². The quantitative estimate of drug-likeness (QED) is 0.532. The molecule has 6 heteroatoms. The zero-order valence-corrected chi connectivity index (χ0v) is 11.3. The molecule has 1 aliphatic carbocycles. The molecule has 0 saturated heterocycles. The molecule has 92 valence electrons. The van der Waals surface area contributed by atoms with E-state index in [1.54, 1.807) is 18.4 Å². The Kier molecular flexibility index (Phi) is 3.96. The zero-order chi connectivity index (χ0) is 12.3. The van der Waals surface area contributed by atoms with Gasteiger partial charge in [0.25, 0.3) is 5.91 Å². The third-order valence-corrected chi connectivity index (χ3v) is 4.22. The molecule has 0 aliphatic heterocycles. The van der Waals surface area contributed by atoms with Crippen LogP contribution in [-0.4, -0.2) is 18.1 Å². The van der Waals surface area contributed by atoms with Crippen molar-refractivity contribution in [2.75, 3.05) is 7.05 Å². The molecule has 3 N–H and O–H groups in total. The Morgan fingerprint density at radius 3 is 2.88 bits per heavy atom. The SMILES string of the molecule is CNC(=S)NNC(=O)c1csc2c1CCCC2. The number of fused-ring (bicyclic) bond motifs is 1. The zero-order valence-electron chi connectivity index (χ0n) is 9.63. The number of amides is 1. The van der Waals surface area contributed by atoms with E-state index < -0.39 is 0 Å². The van der Waals surface area contributed by atoms with Crippen LogP contribution < -0.4 is 16.2 Å². The van der Waals surface area contributed by atoms with Crippen LogP contribution >= 0.6 is 23.6 Å². The first-order valence-electron chi connectivity index (χ1n) is 5.59. The summed E-state index contributed by atoms with van der Waals surface area (Å²) in [6.07, 6.45) is 4.52. The van der Waals surface area contributed by atoms with Crippen LogP contribution in [0.3, 0.4) is 0 Å². The molecule has 2 rings (SSSR count). The highest BCUT2D eigenvalue weighted by Crippen LogP contribution is 2.29. The summed E-state index contributed by atoms with van der Waals surface area (Å²) >= 11 is 6.57. The predicted molar refractivity (Wildman–Crippen MR) is 73.2 cm³/mol. The molecule has 1 aromatic rings. The first-order valence-corrected chi connectivity index (χ1v) is 6.88. The summed E-state index contributed by atoms with van der Waals surface area (Å²) in [5.41, 5.74) is 7.26. The fraction of sp³-hybridized carbons (Fsp3) is 0.455. The second-order valence-corrected chi connectivity index (χ2v) is 5.29. The van der Waals surface area contributed by atoms with E-state index in [0.717, 1.165) is 18.4 Å². The maximum absolute atomic E-state index is 11.9. The molecular weight excluding hydrogens is 254 g/mol. The molecule has 0 saturated carbocycles. The standard InChI is InChI=1S/C11H15N3OS2/c1-12-11(16)14-13-10(15)8-6-17-9-5-3-2-4-7(8)9/h6H,2-5H2,1H3,(H,13,15)(H2,12,14,16). The maximum Gasteiger partial charge on any atom is 0.270 e. The lowest BCUT2D eigenvalue weighted by Gasteiger charge is -2.13. The topological polar surface area (TPSA) is 53.2 Å². The Morgan fingerprint density at radius 2 is 2.12 bits per heavy atom. The average Bonchev–Trinajstić information content (AvgIpc) is 2.79. The van der Waals surface area contributed by atoms with Gasteiger partial charge in [-0.05, 0) is 43.5 Å². The molecule has 1 aliphatic rings. The van der Waals surface area contributed by atoms with Crippen LogP contribution in [-0.2, 0) is 12.8 Å². The summed E-state index contributed by atoms with van der Waals surface area (Å²) in [5.74, 6) is -0.109. The molecule has 1 heterocycles. The molecule has 1 amide bonds. The van der Waals surface area contributed by atoms with Gasteiger partial charge in [0.1, 0.15) is 0 Å². The van der Waals surface area contributed by atoms with E-state index in [-0.39, 0.29) is 5.91 Å². The van der Waals surface area contributed by atoms with Gasteiger partial charge in [-0.25, -0.2) is 0 Å². The van der Waals surface area contributed by atoms with E-state index in [0.29, 0.717) is 5.11 Å². The third-order valence-electron chi connectivity index (χ3n) is 2.82. The highest BCUT2D eigenvalue weighted by atomic mass is 32.1. The van der Waals surface area contributed by atoms with Crippen LogP contribution in [0.4, 0.5) is 0 Å². The molecule has 0 spiro atoms. The minimum absolute atomic E-state index is 0.109. The minimum atomic E-state index is -0.109. The molecule has 0 fully saturated rings. The van der Waals surface area contributed by atoms with Gasteiger partial charge in [0, 0.05) is 17.3 Å². The van der Waals surface area contributed by atoms with Crippen molar-refractivity contribution < 1.29 is 4.79 Å². The third kappa shape index (κ3) is 2.76. The van der Waals surface area contributed by atoms with E-state index in [9.17, 15) is 4.79 Å². The highest BCUT2D eigenvalue weighted by Gasteiger charge is 2.19. The lowest BCUT2D eigenvalue weighted by atomic mass is 9.96. The normalized spacial score (nSPS) is 13.7. The van der Waals surface area contributed by atoms with Crippen molar-refractivity contribution in [3.05, 3.63) is 21.4 Å². The molecule has 0 atom stereocenters. The summed E-state index contributed by atoms with van der Waals surface area (Å²) in [6, 6.07) is 0. The molecule has 1 aromatic heterocycles. The van der Waals surface area contributed by atoms with Gasteiger partial charge in [-0.3, -0.25) is 15.6 Å². The van der Waals surface area contributed by atoms with Crippen LogP contribution in [0.2, 0.25) is 0 Å². The van der Waals surface area contributed by atoms with Crippen molar-refractivity contribution in [1.82, 2.24) is 16.2 Å². The monoisotopic (exact) mass is 269 g/mol. The number of hydrogen-bond donors (Lipinski definition) is 3. The second kappa shape index (κ2) is 5.46. The molecular formula is C11H15N3OS2. The number of nitrogens with one attached hydrogen (secondary N) is 3. The number of rotatable bonds is 1. The first kappa shape index (κ1) is 12.3. The fourth-order valence-corrected chi connectivity index (χ4v) is 3.10. The van der Waals surface area contributed by atoms with Crippen molar-refractivity contribution in [3.63, 3.8) is 0 Å². The molecule has 4 nitrogen and oxygen atoms in total. The first-order chi connectivity index (χ1) is 8.22. The van der Waals surface area contributed by atoms with Crippen molar-refractivity contribution in [1.29, 1.82) is 0 Å². The van der Waals surface area contributed by atoms with Crippen molar-refractivity contribution in [2.45, 2.75) is 25.7 Å². The summed E-state index contributed by atoms with van der Waals surface area (Å²) in [7, 11) is 1.70. The minimum Gasteiger partial charge on any atom is -0.364 e. The number of hydrogen-bond acceptors (Lipinski definition) is 3. The molecule has 0 aromatic carbocycles. The average molecular weight is 269 g/mol. The molecule has 17 heavy (non-hydrogen) atoms. The smallest absolute Gasteiger partial charge is 0.270 e. The predicted octanol–water partition coefficient (Wildman–Crippen LogP) is 1.37.